The Hall–Kier alpha value is -2.96. The highest BCUT2D eigenvalue weighted by molar-refractivity contribution is 7.17. The number of carbonyl (C=O) groups is 1. The van der Waals surface area contributed by atoms with Gasteiger partial charge in [0.25, 0.3) is 5.91 Å². The predicted molar refractivity (Wildman–Crippen MR) is 115 cm³/mol. The first kappa shape index (κ1) is 18.4. The topological polar surface area (TPSA) is 54.5 Å². The van der Waals surface area contributed by atoms with E-state index >= 15 is 0 Å². The lowest BCUT2D eigenvalue weighted by molar-refractivity contribution is 0.0952. The van der Waals surface area contributed by atoms with Gasteiger partial charge in [0.05, 0.1) is 10.2 Å². The highest BCUT2D eigenvalue weighted by atomic mass is 32.1. The van der Waals surface area contributed by atoms with E-state index in [9.17, 15) is 4.79 Å². The number of benzene rings is 2. The molecule has 0 aliphatic carbocycles. The molecule has 1 amide bonds. The van der Waals surface area contributed by atoms with Crippen LogP contribution in [0.3, 0.4) is 0 Å². The first-order valence-corrected chi connectivity index (χ1v) is 9.95. The van der Waals surface area contributed by atoms with Crippen LogP contribution in [0.25, 0.3) is 21.0 Å². The summed E-state index contributed by atoms with van der Waals surface area (Å²) in [5.41, 5.74) is 1.60. The number of hydrogen-bond donors (Lipinski definition) is 1. The number of aromatic nitrogens is 1. The first-order chi connectivity index (χ1) is 13.6. The van der Waals surface area contributed by atoms with Crippen molar-refractivity contribution in [3.05, 3.63) is 65.7 Å². The van der Waals surface area contributed by atoms with Gasteiger partial charge in [-0.15, -0.1) is 11.3 Å². The van der Waals surface area contributed by atoms with E-state index in [2.05, 4.69) is 10.3 Å². The van der Waals surface area contributed by atoms with Crippen LogP contribution in [0.2, 0.25) is 0 Å². The van der Waals surface area contributed by atoms with Crippen LogP contribution in [0.5, 0.6) is 11.5 Å². The number of thiophene rings is 1. The molecule has 5 nitrogen and oxygen atoms in total. The van der Waals surface area contributed by atoms with E-state index < -0.39 is 0 Å². The maximum Gasteiger partial charge on any atom is 0.251 e. The number of nitrogens with one attached hydrogen (secondary N) is 1. The van der Waals surface area contributed by atoms with E-state index in [1.807, 2.05) is 72.9 Å². The SMILES string of the molecule is CN(C)CCNC(=O)c1cccc2cc(Oc3ccnc4ccsc34)ccc12. The quantitative estimate of drug-likeness (QED) is 0.525. The van der Waals surface area contributed by atoms with Crippen LogP contribution in [-0.2, 0) is 0 Å². The highest BCUT2D eigenvalue weighted by Crippen LogP contribution is 2.33. The normalized spacial score (nSPS) is 11.2. The second kappa shape index (κ2) is 7.96. The van der Waals surface area contributed by atoms with Gasteiger partial charge in [-0.1, -0.05) is 12.1 Å². The number of likely N-dealkylation sites (N-methyl/N-ethyl adjacent to an activating group) is 1. The minimum absolute atomic E-state index is 0.0597. The zero-order valence-corrected chi connectivity index (χ0v) is 16.6. The van der Waals surface area contributed by atoms with Gasteiger partial charge in [-0.25, -0.2) is 0 Å². The maximum atomic E-state index is 12.6. The van der Waals surface area contributed by atoms with Crippen molar-refractivity contribution in [2.75, 3.05) is 27.2 Å². The fourth-order valence-corrected chi connectivity index (χ4v) is 3.87. The lowest BCUT2D eigenvalue weighted by Gasteiger charge is -2.12. The molecule has 1 N–H and O–H groups in total. The minimum Gasteiger partial charge on any atom is -0.456 e. The van der Waals surface area contributed by atoms with Gasteiger partial charge >= 0.3 is 0 Å². The third kappa shape index (κ3) is 3.83. The Morgan fingerprint density at radius 2 is 2.07 bits per heavy atom. The number of ether oxygens (including phenoxy) is 1. The number of nitrogens with zero attached hydrogens (tertiary/aromatic N) is 2. The van der Waals surface area contributed by atoms with Crippen molar-refractivity contribution in [2.45, 2.75) is 0 Å². The highest BCUT2D eigenvalue weighted by Gasteiger charge is 2.11. The summed E-state index contributed by atoms with van der Waals surface area (Å²) in [5, 5.41) is 6.86. The molecule has 28 heavy (non-hydrogen) atoms. The van der Waals surface area contributed by atoms with Gasteiger partial charge in [-0.2, -0.15) is 0 Å². The number of fused-ring (bicyclic) bond motifs is 2. The molecular weight excluding hydrogens is 370 g/mol. The van der Waals surface area contributed by atoms with E-state index in [-0.39, 0.29) is 5.91 Å². The van der Waals surface area contributed by atoms with Crippen LogP contribution in [0, 0.1) is 0 Å². The molecule has 4 aromatic rings. The zero-order valence-electron chi connectivity index (χ0n) is 15.8. The summed E-state index contributed by atoms with van der Waals surface area (Å²) in [5.74, 6) is 1.46. The van der Waals surface area contributed by atoms with E-state index in [1.165, 1.54) is 0 Å². The van der Waals surface area contributed by atoms with Crippen molar-refractivity contribution >= 4 is 38.2 Å². The van der Waals surface area contributed by atoms with Crippen molar-refractivity contribution < 1.29 is 9.53 Å². The Bertz CT molecular complexity index is 1140. The summed E-state index contributed by atoms with van der Waals surface area (Å²) in [6, 6.07) is 15.4. The molecule has 0 radical (unpaired) electrons. The summed E-state index contributed by atoms with van der Waals surface area (Å²) < 4.78 is 7.14. The van der Waals surface area contributed by atoms with Crippen LogP contribution in [-0.4, -0.2) is 43.0 Å². The van der Waals surface area contributed by atoms with E-state index in [0.29, 0.717) is 12.1 Å². The standard InChI is InChI=1S/C22H21N3O2S/c1-25(2)12-11-24-22(26)18-5-3-4-15-14-16(6-7-17(15)18)27-20-8-10-23-19-9-13-28-21(19)20/h3-10,13-14H,11-12H2,1-2H3,(H,24,26). The first-order valence-electron chi connectivity index (χ1n) is 9.07. The predicted octanol–water partition coefficient (Wildman–Crippen LogP) is 4.53. The lowest BCUT2D eigenvalue weighted by Crippen LogP contribution is -2.31. The monoisotopic (exact) mass is 391 g/mol. The van der Waals surface area contributed by atoms with E-state index in [4.69, 9.17) is 4.74 Å². The second-order valence-electron chi connectivity index (χ2n) is 6.79. The van der Waals surface area contributed by atoms with Crippen LogP contribution in [0.15, 0.2) is 60.1 Å². The molecule has 0 unspecified atom stereocenters. The number of carbonyl (C=O) groups excluding carboxylic acids is 1. The van der Waals surface area contributed by atoms with Crippen molar-refractivity contribution in [3.8, 4) is 11.5 Å². The molecule has 6 heteroatoms. The number of amides is 1. The van der Waals surface area contributed by atoms with Crippen molar-refractivity contribution in [1.29, 1.82) is 0 Å². The van der Waals surface area contributed by atoms with Gasteiger partial charge in [-0.3, -0.25) is 9.78 Å². The minimum atomic E-state index is -0.0597. The molecule has 0 bridgehead atoms. The third-order valence-corrected chi connectivity index (χ3v) is 5.39. The zero-order chi connectivity index (χ0) is 19.5. The molecule has 0 saturated heterocycles. The maximum absolute atomic E-state index is 12.6. The fourth-order valence-electron chi connectivity index (χ4n) is 3.07. The molecule has 0 spiro atoms. The molecular formula is C22H21N3O2S. The smallest absolute Gasteiger partial charge is 0.251 e. The van der Waals surface area contributed by atoms with Gasteiger partial charge in [-0.05, 0) is 60.6 Å². The molecule has 4 rings (SSSR count). The number of pyridine rings is 1. The average Bonchev–Trinajstić information content (AvgIpc) is 3.17. The van der Waals surface area contributed by atoms with Gasteiger partial charge in [0, 0.05) is 30.9 Å². The van der Waals surface area contributed by atoms with E-state index in [1.54, 1.807) is 17.5 Å². The molecule has 0 fully saturated rings. The van der Waals surface area contributed by atoms with Gasteiger partial charge in [0.1, 0.15) is 11.5 Å². The van der Waals surface area contributed by atoms with Crippen molar-refractivity contribution in [3.63, 3.8) is 0 Å². The lowest BCUT2D eigenvalue weighted by atomic mass is 10.0. The van der Waals surface area contributed by atoms with Crippen LogP contribution in [0.1, 0.15) is 10.4 Å². The average molecular weight is 391 g/mol. The Labute approximate surface area is 167 Å². The molecule has 0 aliphatic heterocycles. The number of rotatable bonds is 6. The molecule has 2 aromatic carbocycles. The van der Waals surface area contributed by atoms with Gasteiger partial charge in [0.2, 0.25) is 0 Å². The Morgan fingerprint density at radius 1 is 1.18 bits per heavy atom. The van der Waals surface area contributed by atoms with Crippen LogP contribution < -0.4 is 10.1 Å². The summed E-state index contributed by atoms with van der Waals surface area (Å²) >= 11 is 1.61. The molecule has 142 valence electrons. The molecule has 2 heterocycles. The Kier molecular flexibility index (Phi) is 5.23. The summed E-state index contributed by atoms with van der Waals surface area (Å²) in [4.78, 5) is 18.9. The van der Waals surface area contributed by atoms with Gasteiger partial charge < -0.3 is 15.0 Å². The van der Waals surface area contributed by atoms with Crippen LogP contribution in [0.4, 0.5) is 0 Å². The Balaban J connectivity index is 1.60. The van der Waals surface area contributed by atoms with Crippen molar-refractivity contribution in [2.24, 2.45) is 0 Å². The molecule has 0 aliphatic rings. The second-order valence-corrected chi connectivity index (χ2v) is 7.71. The molecule has 2 aromatic heterocycles. The number of hydrogen-bond acceptors (Lipinski definition) is 5. The fraction of sp³-hybridized carbons (Fsp3) is 0.182. The molecule has 0 saturated carbocycles. The Morgan fingerprint density at radius 3 is 2.93 bits per heavy atom. The van der Waals surface area contributed by atoms with Gasteiger partial charge in [0.15, 0.2) is 0 Å². The summed E-state index contributed by atoms with van der Waals surface area (Å²) in [7, 11) is 3.97. The van der Waals surface area contributed by atoms with Crippen molar-refractivity contribution in [1.82, 2.24) is 15.2 Å². The summed E-state index contributed by atoms with van der Waals surface area (Å²) in [6.07, 6.45) is 1.75. The van der Waals surface area contributed by atoms with E-state index in [0.717, 1.165) is 39.0 Å². The molecule has 0 atom stereocenters. The third-order valence-electron chi connectivity index (χ3n) is 4.48. The summed E-state index contributed by atoms with van der Waals surface area (Å²) in [6.45, 7) is 1.42. The van der Waals surface area contributed by atoms with Crippen LogP contribution >= 0.6 is 11.3 Å². The largest absolute Gasteiger partial charge is 0.456 e.